The van der Waals surface area contributed by atoms with Crippen LogP contribution < -0.4 is 27.4 Å². The highest BCUT2D eigenvalue weighted by Gasteiger charge is 2.23. The van der Waals surface area contributed by atoms with Crippen LogP contribution in [0.15, 0.2) is 0 Å². The van der Waals surface area contributed by atoms with E-state index in [2.05, 4.69) is 10.6 Å². The molecular weight excluding hydrogens is 286 g/mol. The number of hydrogen-bond acceptors (Lipinski definition) is 6. The molecule has 11 nitrogen and oxygen atoms in total. The zero-order valence-electron chi connectivity index (χ0n) is 11.0. The first-order valence-corrected chi connectivity index (χ1v) is 5.80. The average molecular weight is 303 g/mol. The fourth-order valence-corrected chi connectivity index (χ4v) is 1.19. The summed E-state index contributed by atoms with van der Waals surface area (Å²) in [5, 5.41) is 14.7. The van der Waals surface area contributed by atoms with Gasteiger partial charge in [-0.25, -0.2) is 0 Å². The molecule has 0 rings (SSSR count). The van der Waals surface area contributed by atoms with E-state index in [-0.39, 0.29) is 6.54 Å². The largest absolute Gasteiger partial charge is 0.480 e. The molecule has 8 N–H and O–H groups in total. The molecule has 0 aromatic heterocycles. The molecule has 118 valence electrons. The molecule has 0 bridgehead atoms. The number of hydrogen-bond donors (Lipinski definition) is 6. The maximum absolute atomic E-state index is 11.6. The van der Waals surface area contributed by atoms with E-state index >= 15 is 0 Å². The van der Waals surface area contributed by atoms with Crippen LogP contribution in [0.3, 0.4) is 0 Å². The number of carboxylic acid groups (broad SMARTS) is 1. The lowest BCUT2D eigenvalue weighted by molar-refractivity contribution is -0.138. The van der Waals surface area contributed by atoms with Crippen molar-refractivity contribution in [3.8, 4) is 0 Å². The molecule has 21 heavy (non-hydrogen) atoms. The summed E-state index contributed by atoms with van der Waals surface area (Å²) in [6.07, 6.45) is -0.512. The minimum atomic E-state index is -1.33. The average Bonchev–Trinajstić information content (AvgIpc) is 2.40. The highest BCUT2D eigenvalue weighted by Crippen LogP contribution is 1.92. The normalized spacial score (nSPS) is 11.1. The summed E-state index contributed by atoms with van der Waals surface area (Å²) in [6, 6.07) is -1.33. The van der Waals surface area contributed by atoms with Crippen molar-refractivity contribution in [3.63, 3.8) is 0 Å². The first-order valence-electron chi connectivity index (χ1n) is 5.80. The standard InChI is InChI=1S/C10H17N5O6/c11-2-7(17)13-3-8(18)15-5(1-6(12)16)10(21)14-4-9(19)20/h5H,1-4,11H2,(H2,12,16)(H,13,17)(H,14,21)(H,15,18)(H,19,20)/t5-/m0/s1. The summed E-state index contributed by atoms with van der Waals surface area (Å²) in [5.74, 6) is -4.37. The van der Waals surface area contributed by atoms with Gasteiger partial charge in [0.25, 0.3) is 0 Å². The molecule has 0 aromatic carbocycles. The van der Waals surface area contributed by atoms with Crippen LogP contribution in [-0.2, 0) is 24.0 Å². The van der Waals surface area contributed by atoms with E-state index in [0.717, 1.165) is 0 Å². The molecule has 11 heteroatoms. The van der Waals surface area contributed by atoms with Crippen molar-refractivity contribution in [1.82, 2.24) is 16.0 Å². The number of aliphatic carboxylic acids is 1. The zero-order valence-corrected chi connectivity index (χ0v) is 11.0. The first kappa shape index (κ1) is 18.3. The molecule has 0 aliphatic heterocycles. The second-order valence-electron chi connectivity index (χ2n) is 3.88. The van der Waals surface area contributed by atoms with Gasteiger partial charge in [-0.15, -0.1) is 0 Å². The van der Waals surface area contributed by atoms with E-state index < -0.39 is 55.2 Å². The van der Waals surface area contributed by atoms with E-state index in [1.165, 1.54) is 0 Å². The summed E-state index contributed by atoms with van der Waals surface area (Å²) in [4.78, 5) is 55.1. The van der Waals surface area contributed by atoms with E-state index in [9.17, 15) is 24.0 Å². The highest BCUT2D eigenvalue weighted by atomic mass is 16.4. The van der Waals surface area contributed by atoms with Gasteiger partial charge < -0.3 is 32.5 Å². The number of nitrogens with one attached hydrogen (secondary N) is 3. The summed E-state index contributed by atoms with van der Waals surface area (Å²) < 4.78 is 0. The Morgan fingerprint density at radius 2 is 1.62 bits per heavy atom. The second-order valence-corrected chi connectivity index (χ2v) is 3.88. The Labute approximate surface area is 119 Å². The summed E-state index contributed by atoms with van der Waals surface area (Å²) in [7, 11) is 0. The Kier molecular flexibility index (Phi) is 8.07. The monoisotopic (exact) mass is 303 g/mol. The van der Waals surface area contributed by atoms with Crippen LogP contribution in [-0.4, -0.2) is 60.4 Å². The summed E-state index contributed by atoms with van der Waals surface area (Å²) >= 11 is 0. The lowest BCUT2D eigenvalue weighted by atomic mass is 10.2. The van der Waals surface area contributed by atoms with Crippen LogP contribution in [0, 0.1) is 0 Å². The number of primary amides is 1. The van der Waals surface area contributed by atoms with Crippen molar-refractivity contribution >= 4 is 29.6 Å². The molecule has 0 fully saturated rings. The molecule has 0 unspecified atom stereocenters. The van der Waals surface area contributed by atoms with Crippen molar-refractivity contribution in [3.05, 3.63) is 0 Å². The molecule has 0 aromatic rings. The number of carbonyl (C=O) groups excluding carboxylic acids is 4. The fourth-order valence-electron chi connectivity index (χ4n) is 1.19. The third-order valence-electron chi connectivity index (χ3n) is 2.10. The smallest absolute Gasteiger partial charge is 0.322 e. The highest BCUT2D eigenvalue weighted by molar-refractivity contribution is 5.94. The van der Waals surface area contributed by atoms with Crippen molar-refractivity contribution < 1.29 is 29.1 Å². The number of rotatable bonds is 9. The van der Waals surface area contributed by atoms with E-state index in [0.29, 0.717) is 0 Å². The van der Waals surface area contributed by atoms with Crippen LogP contribution >= 0.6 is 0 Å². The molecule has 0 aliphatic carbocycles. The van der Waals surface area contributed by atoms with Gasteiger partial charge in [-0.3, -0.25) is 24.0 Å². The van der Waals surface area contributed by atoms with Crippen molar-refractivity contribution in [2.24, 2.45) is 11.5 Å². The molecule has 0 spiro atoms. The van der Waals surface area contributed by atoms with Gasteiger partial charge in [0.05, 0.1) is 19.5 Å². The Balaban J connectivity index is 4.50. The molecule has 0 heterocycles. The third-order valence-corrected chi connectivity index (χ3v) is 2.10. The number of nitrogens with two attached hydrogens (primary N) is 2. The zero-order chi connectivity index (χ0) is 16.4. The maximum atomic E-state index is 11.6. The van der Waals surface area contributed by atoms with Gasteiger partial charge >= 0.3 is 5.97 Å². The van der Waals surface area contributed by atoms with Crippen LogP contribution in [0.4, 0.5) is 0 Å². The van der Waals surface area contributed by atoms with Crippen molar-refractivity contribution in [2.75, 3.05) is 19.6 Å². The number of carbonyl (C=O) groups is 5. The SMILES string of the molecule is NCC(=O)NCC(=O)N[C@@H](CC(N)=O)C(=O)NCC(=O)O. The van der Waals surface area contributed by atoms with E-state index in [1.54, 1.807) is 0 Å². The molecular formula is C10H17N5O6. The minimum Gasteiger partial charge on any atom is -0.480 e. The maximum Gasteiger partial charge on any atom is 0.322 e. The van der Waals surface area contributed by atoms with Gasteiger partial charge in [0, 0.05) is 0 Å². The van der Waals surface area contributed by atoms with Gasteiger partial charge in [0.1, 0.15) is 12.6 Å². The Bertz CT molecular complexity index is 438. The van der Waals surface area contributed by atoms with Gasteiger partial charge in [0.15, 0.2) is 0 Å². The minimum absolute atomic E-state index is 0.308. The van der Waals surface area contributed by atoms with Crippen LogP contribution in [0.2, 0.25) is 0 Å². The molecule has 4 amide bonds. The quantitative estimate of drug-likeness (QED) is 0.247. The van der Waals surface area contributed by atoms with Crippen molar-refractivity contribution in [1.29, 1.82) is 0 Å². The van der Waals surface area contributed by atoms with Crippen LogP contribution in [0.25, 0.3) is 0 Å². The Morgan fingerprint density at radius 1 is 1.00 bits per heavy atom. The van der Waals surface area contributed by atoms with Gasteiger partial charge in [-0.05, 0) is 0 Å². The number of carboxylic acids is 1. The van der Waals surface area contributed by atoms with Crippen LogP contribution in [0.5, 0.6) is 0 Å². The lowest BCUT2D eigenvalue weighted by Gasteiger charge is -2.16. The number of amides is 4. The molecule has 0 aliphatic rings. The van der Waals surface area contributed by atoms with Crippen molar-refractivity contribution in [2.45, 2.75) is 12.5 Å². The predicted octanol–water partition coefficient (Wildman–Crippen LogP) is -4.38. The molecule has 0 radical (unpaired) electrons. The predicted molar refractivity (Wildman–Crippen MR) is 68.5 cm³/mol. The Morgan fingerprint density at radius 3 is 2.10 bits per heavy atom. The topological polar surface area (TPSA) is 194 Å². The third kappa shape index (κ3) is 8.93. The van der Waals surface area contributed by atoms with E-state index in [4.69, 9.17) is 16.6 Å². The second kappa shape index (κ2) is 9.25. The lowest BCUT2D eigenvalue weighted by Crippen LogP contribution is -2.51. The van der Waals surface area contributed by atoms with Gasteiger partial charge in [0.2, 0.25) is 23.6 Å². The molecule has 1 atom stereocenters. The van der Waals surface area contributed by atoms with Crippen LogP contribution in [0.1, 0.15) is 6.42 Å². The fraction of sp³-hybridized carbons (Fsp3) is 0.500. The summed E-state index contributed by atoms with van der Waals surface area (Å²) in [5.41, 5.74) is 9.95. The molecule has 0 saturated carbocycles. The molecule has 0 saturated heterocycles. The van der Waals surface area contributed by atoms with E-state index in [1.807, 2.05) is 5.32 Å². The Hall–Kier alpha value is -2.69. The van der Waals surface area contributed by atoms with Gasteiger partial charge in [-0.2, -0.15) is 0 Å². The van der Waals surface area contributed by atoms with Gasteiger partial charge in [-0.1, -0.05) is 0 Å². The first-order chi connectivity index (χ1) is 9.76. The summed E-state index contributed by atoms with van der Waals surface area (Å²) in [6.45, 7) is -1.43.